The summed E-state index contributed by atoms with van der Waals surface area (Å²) in [4.78, 5) is 0. The number of hydrogen-bond donors (Lipinski definition) is 1. The van der Waals surface area contributed by atoms with Crippen LogP contribution in [0.4, 0.5) is 0 Å². The average molecular weight is 290 g/mol. The van der Waals surface area contributed by atoms with Crippen molar-refractivity contribution in [1.29, 1.82) is 0 Å². The molecule has 0 radical (unpaired) electrons. The third-order valence-corrected chi connectivity index (χ3v) is 5.44. The first-order valence-electron chi connectivity index (χ1n) is 8.96. The van der Waals surface area contributed by atoms with Crippen molar-refractivity contribution in [2.45, 2.75) is 90.3 Å². The average Bonchev–Trinajstić information content (AvgIpc) is 2.77. The Kier molecular flexibility index (Phi) is 4.94. The lowest BCUT2D eigenvalue weighted by Crippen LogP contribution is -2.36. The topological polar surface area (TPSA) is 42.7 Å². The van der Waals surface area contributed by atoms with E-state index in [4.69, 9.17) is 0 Å². The number of aromatic nitrogens is 3. The monoisotopic (exact) mass is 290 g/mol. The lowest BCUT2D eigenvalue weighted by atomic mass is 9.84. The summed E-state index contributed by atoms with van der Waals surface area (Å²) in [6.45, 7) is 5.69. The fourth-order valence-corrected chi connectivity index (χ4v) is 3.99. The molecule has 0 spiro atoms. The van der Waals surface area contributed by atoms with Crippen LogP contribution in [0.5, 0.6) is 0 Å². The van der Waals surface area contributed by atoms with Gasteiger partial charge in [0.1, 0.15) is 11.6 Å². The largest absolute Gasteiger partial charge is 0.314 e. The van der Waals surface area contributed by atoms with Crippen LogP contribution in [0, 0.1) is 5.92 Å². The van der Waals surface area contributed by atoms with Crippen molar-refractivity contribution < 1.29 is 0 Å². The minimum absolute atomic E-state index is 0.326. The van der Waals surface area contributed by atoms with E-state index in [9.17, 15) is 0 Å². The van der Waals surface area contributed by atoms with E-state index in [1.165, 1.54) is 57.2 Å². The second kappa shape index (κ2) is 6.91. The van der Waals surface area contributed by atoms with Gasteiger partial charge in [0.15, 0.2) is 0 Å². The van der Waals surface area contributed by atoms with Crippen LogP contribution in [0.2, 0.25) is 0 Å². The van der Waals surface area contributed by atoms with Crippen molar-refractivity contribution in [2.75, 3.05) is 0 Å². The number of nitrogens with zero attached hydrogens (tertiary/aromatic N) is 3. The molecule has 2 heterocycles. The molecule has 118 valence electrons. The van der Waals surface area contributed by atoms with Gasteiger partial charge < -0.3 is 9.88 Å². The maximum absolute atomic E-state index is 4.49. The highest BCUT2D eigenvalue weighted by atomic mass is 15.3. The van der Waals surface area contributed by atoms with E-state index in [0.29, 0.717) is 12.1 Å². The maximum Gasteiger partial charge on any atom is 0.149 e. The molecule has 1 saturated carbocycles. The van der Waals surface area contributed by atoms with Crippen molar-refractivity contribution in [1.82, 2.24) is 20.1 Å². The second-order valence-electron chi connectivity index (χ2n) is 6.95. The molecular weight excluding hydrogens is 260 g/mol. The number of hydrogen-bond acceptors (Lipinski definition) is 3. The standard InChI is InChI=1S/C17H30N4/c1-3-14-8-10-15(11-9-14)18-13(2)17-20-19-16-7-5-4-6-12-21(16)17/h13-15,18H,3-12H2,1-2H3. The Hall–Kier alpha value is -0.900. The van der Waals surface area contributed by atoms with E-state index >= 15 is 0 Å². The second-order valence-corrected chi connectivity index (χ2v) is 6.95. The van der Waals surface area contributed by atoms with Crippen LogP contribution in [0.3, 0.4) is 0 Å². The van der Waals surface area contributed by atoms with Gasteiger partial charge in [0.05, 0.1) is 6.04 Å². The summed E-state index contributed by atoms with van der Waals surface area (Å²) in [5.41, 5.74) is 0. The van der Waals surface area contributed by atoms with Gasteiger partial charge in [0.2, 0.25) is 0 Å². The van der Waals surface area contributed by atoms with Crippen LogP contribution in [-0.2, 0) is 13.0 Å². The van der Waals surface area contributed by atoms with Crippen LogP contribution in [-0.4, -0.2) is 20.8 Å². The number of aryl methyl sites for hydroxylation is 1. The van der Waals surface area contributed by atoms with Gasteiger partial charge in [0.25, 0.3) is 0 Å². The Bertz CT molecular complexity index is 446. The quantitative estimate of drug-likeness (QED) is 0.921. The van der Waals surface area contributed by atoms with Crippen molar-refractivity contribution in [3.05, 3.63) is 11.6 Å². The van der Waals surface area contributed by atoms with Crippen molar-refractivity contribution in [2.24, 2.45) is 5.92 Å². The highest BCUT2D eigenvalue weighted by Crippen LogP contribution is 2.28. The highest BCUT2D eigenvalue weighted by molar-refractivity contribution is 5.02. The fraction of sp³-hybridized carbons (Fsp3) is 0.882. The maximum atomic E-state index is 4.49. The Morgan fingerprint density at radius 2 is 1.95 bits per heavy atom. The molecule has 2 aliphatic rings. The van der Waals surface area contributed by atoms with Gasteiger partial charge in [-0.15, -0.1) is 10.2 Å². The molecule has 4 nitrogen and oxygen atoms in total. The van der Waals surface area contributed by atoms with E-state index in [0.717, 1.165) is 24.7 Å². The third-order valence-electron chi connectivity index (χ3n) is 5.44. The van der Waals surface area contributed by atoms with Gasteiger partial charge in [0, 0.05) is 19.0 Å². The van der Waals surface area contributed by atoms with E-state index in [1.807, 2.05) is 0 Å². The number of nitrogens with one attached hydrogen (secondary N) is 1. The molecule has 0 amide bonds. The molecule has 1 aliphatic carbocycles. The molecule has 3 rings (SSSR count). The summed E-state index contributed by atoms with van der Waals surface area (Å²) >= 11 is 0. The fourth-order valence-electron chi connectivity index (χ4n) is 3.99. The zero-order valence-corrected chi connectivity index (χ0v) is 13.6. The third kappa shape index (κ3) is 3.47. The lowest BCUT2D eigenvalue weighted by molar-refractivity contribution is 0.269. The van der Waals surface area contributed by atoms with Gasteiger partial charge in [-0.3, -0.25) is 0 Å². The molecular formula is C17H30N4. The smallest absolute Gasteiger partial charge is 0.149 e. The lowest BCUT2D eigenvalue weighted by Gasteiger charge is -2.30. The van der Waals surface area contributed by atoms with Gasteiger partial charge in [-0.25, -0.2) is 0 Å². The molecule has 1 N–H and O–H groups in total. The van der Waals surface area contributed by atoms with E-state index in [-0.39, 0.29) is 0 Å². The normalized spacial score (nSPS) is 27.9. The minimum atomic E-state index is 0.326. The van der Waals surface area contributed by atoms with Crippen molar-refractivity contribution >= 4 is 0 Å². The van der Waals surface area contributed by atoms with Crippen molar-refractivity contribution in [3.63, 3.8) is 0 Å². The summed E-state index contributed by atoms with van der Waals surface area (Å²) in [6.07, 6.45) is 11.7. The molecule has 0 aromatic carbocycles. The van der Waals surface area contributed by atoms with Crippen LogP contribution < -0.4 is 5.32 Å². The predicted molar refractivity (Wildman–Crippen MR) is 85.2 cm³/mol. The predicted octanol–water partition coefficient (Wildman–Crippen LogP) is 3.62. The van der Waals surface area contributed by atoms with Crippen LogP contribution in [0.15, 0.2) is 0 Å². The molecule has 0 saturated heterocycles. The molecule has 1 aromatic heterocycles. The van der Waals surface area contributed by atoms with E-state index in [1.54, 1.807) is 0 Å². The number of fused-ring (bicyclic) bond motifs is 1. The molecule has 1 aromatic rings. The molecule has 4 heteroatoms. The van der Waals surface area contributed by atoms with E-state index < -0.39 is 0 Å². The number of rotatable bonds is 4. The Balaban J connectivity index is 1.61. The highest BCUT2D eigenvalue weighted by Gasteiger charge is 2.24. The summed E-state index contributed by atoms with van der Waals surface area (Å²) in [5.74, 6) is 3.32. The van der Waals surface area contributed by atoms with Gasteiger partial charge in [-0.05, 0) is 51.4 Å². The first-order chi connectivity index (χ1) is 10.3. The first kappa shape index (κ1) is 15.0. The van der Waals surface area contributed by atoms with Crippen LogP contribution in [0.25, 0.3) is 0 Å². The molecule has 1 fully saturated rings. The minimum Gasteiger partial charge on any atom is -0.314 e. The Morgan fingerprint density at radius 1 is 1.14 bits per heavy atom. The van der Waals surface area contributed by atoms with Crippen LogP contribution >= 0.6 is 0 Å². The summed E-state index contributed by atoms with van der Waals surface area (Å²) < 4.78 is 2.38. The Labute approximate surface area is 128 Å². The summed E-state index contributed by atoms with van der Waals surface area (Å²) in [7, 11) is 0. The van der Waals surface area contributed by atoms with E-state index in [2.05, 4.69) is 33.9 Å². The summed E-state index contributed by atoms with van der Waals surface area (Å²) in [6, 6.07) is 0.994. The van der Waals surface area contributed by atoms with Gasteiger partial charge in [-0.1, -0.05) is 19.8 Å². The zero-order valence-electron chi connectivity index (χ0n) is 13.6. The zero-order chi connectivity index (χ0) is 14.7. The molecule has 1 unspecified atom stereocenters. The molecule has 1 aliphatic heterocycles. The molecule has 21 heavy (non-hydrogen) atoms. The van der Waals surface area contributed by atoms with Gasteiger partial charge in [-0.2, -0.15) is 0 Å². The van der Waals surface area contributed by atoms with Crippen molar-refractivity contribution in [3.8, 4) is 0 Å². The molecule has 1 atom stereocenters. The van der Waals surface area contributed by atoms with Gasteiger partial charge >= 0.3 is 0 Å². The molecule has 0 bridgehead atoms. The summed E-state index contributed by atoms with van der Waals surface area (Å²) in [5, 5.41) is 12.7. The first-order valence-corrected chi connectivity index (χ1v) is 8.96. The Morgan fingerprint density at radius 3 is 2.71 bits per heavy atom. The SMILES string of the molecule is CCC1CCC(NC(C)c2nnc3n2CCCCC3)CC1. The van der Waals surface area contributed by atoms with Crippen LogP contribution in [0.1, 0.15) is 82.9 Å².